The Morgan fingerprint density at radius 3 is 3.05 bits per heavy atom. The Labute approximate surface area is 123 Å². The van der Waals surface area contributed by atoms with Gasteiger partial charge in [-0.15, -0.1) is 11.3 Å². The van der Waals surface area contributed by atoms with Crippen molar-refractivity contribution in [3.05, 3.63) is 41.3 Å². The van der Waals surface area contributed by atoms with Crippen LogP contribution >= 0.6 is 11.3 Å². The van der Waals surface area contributed by atoms with Crippen LogP contribution in [0.5, 0.6) is 0 Å². The number of hydrogen-bond acceptors (Lipinski definition) is 6. The number of carboxylic acid groups (broad SMARTS) is 1. The van der Waals surface area contributed by atoms with Crippen LogP contribution in [-0.2, 0) is 4.79 Å². The summed E-state index contributed by atoms with van der Waals surface area (Å²) in [5.74, 6) is -1.27. The number of rotatable bonds is 2. The van der Waals surface area contributed by atoms with Gasteiger partial charge in [0.25, 0.3) is 0 Å². The lowest BCUT2D eigenvalue weighted by Crippen LogP contribution is -2.29. The van der Waals surface area contributed by atoms with E-state index in [4.69, 9.17) is 0 Å². The van der Waals surface area contributed by atoms with E-state index in [1.54, 1.807) is 17.6 Å². The van der Waals surface area contributed by atoms with Crippen LogP contribution in [-0.4, -0.2) is 29.9 Å². The molecule has 3 heterocycles. The fourth-order valence-corrected chi connectivity index (χ4v) is 3.19. The zero-order valence-electron chi connectivity index (χ0n) is 10.7. The van der Waals surface area contributed by atoms with E-state index in [1.807, 2.05) is 12.1 Å². The first kappa shape index (κ1) is 12.2. The maximum atomic E-state index is 10.8. The Kier molecular flexibility index (Phi) is 2.58. The lowest BCUT2D eigenvalue weighted by atomic mass is 10.0. The molecule has 0 N–H and O–H groups in total. The van der Waals surface area contributed by atoms with E-state index in [-0.39, 0.29) is 5.84 Å². The molecule has 0 aliphatic carbocycles. The van der Waals surface area contributed by atoms with Crippen LogP contribution in [0.15, 0.2) is 50.7 Å². The van der Waals surface area contributed by atoms with Gasteiger partial charge in [-0.1, -0.05) is 12.1 Å². The van der Waals surface area contributed by atoms with Gasteiger partial charge in [0.05, 0.1) is 0 Å². The molecule has 1 atom stereocenters. The number of thiophene rings is 1. The maximum absolute atomic E-state index is 10.8. The van der Waals surface area contributed by atoms with Crippen LogP contribution in [0.2, 0.25) is 0 Å². The number of aliphatic imine (C=N–C) groups is 3. The topological polar surface area (TPSA) is 77.2 Å². The molecule has 5 nitrogen and oxygen atoms in total. The van der Waals surface area contributed by atoms with Gasteiger partial charge in [-0.05, 0) is 40.1 Å². The van der Waals surface area contributed by atoms with Gasteiger partial charge < -0.3 is 9.90 Å². The van der Waals surface area contributed by atoms with E-state index in [1.165, 1.54) is 10.1 Å². The lowest BCUT2D eigenvalue weighted by Gasteiger charge is -2.11. The van der Waals surface area contributed by atoms with Gasteiger partial charge in [0.1, 0.15) is 12.0 Å². The molecular formula is C15H8N3O2S-. The summed E-state index contributed by atoms with van der Waals surface area (Å²) >= 11 is 1.68. The van der Waals surface area contributed by atoms with Crippen LogP contribution in [0.4, 0.5) is 0 Å². The molecule has 2 aromatic rings. The molecule has 2 aliphatic heterocycles. The van der Waals surface area contributed by atoms with E-state index in [0.29, 0.717) is 5.84 Å². The van der Waals surface area contributed by atoms with Crippen molar-refractivity contribution in [2.24, 2.45) is 15.0 Å². The third kappa shape index (κ3) is 2.00. The highest BCUT2D eigenvalue weighted by molar-refractivity contribution is 7.17. The molecule has 21 heavy (non-hydrogen) atoms. The van der Waals surface area contributed by atoms with Crippen LogP contribution in [0, 0.1) is 0 Å². The fraction of sp³-hybridized carbons (Fsp3) is 0.0667. The summed E-state index contributed by atoms with van der Waals surface area (Å²) in [6.45, 7) is 0. The number of aliphatic carboxylic acids is 1. The largest absolute Gasteiger partial charge is 0.542 e. The van der Waals surface area contributed by atoms with Gasteiger partial charge in [-0.25, -0.2) is 15.0 Å². The molecular weight excluding hydrogens is 286 g/mol. The van der Waals surface area contributed by atoms with Crippen LogP contribution in [0.1, 0.15) is 5.56 Å². The standard InChI is InChI=1S/C15H9N3O2S/c19-15(20)14-17-11-5-10(7-16-13(11)18-14)9-2-1-8-3-4-21-12(8)6-9/h1-7,11H,(H,19,20)/p-1. The molecule has 0 radical (unpaired) electrons. The summed E-state index contributed by atoms with van der Waals surface area (Å²) in [5.41, 5.74) is 1.95. The first-order valence-corrected chi connectivity index (χ1v) is 7.20. The third-order valence-corrected chi connectivity index (χ3v) is 4.27. The van der Waals surface area contributed by atoms with Gasteiger partial charge >= 0.3 is 0 Å². The van der Waals surface area contributed by atoms with Crippen molar-refractivity contribution >= 4 is 50.9 Å². The van der Waals surface area contributed by atoms with E-state index in [9.17, 15) is 9.90 Å². The molecule has 0 saturated heterocycles. The summed E-state index contributed by atoms with van der Waals surface area (Å²) < 4.78 is 1.20. The summed E-state index contributed by atoms with van der Waals surface area (Å²) in [7, 11) is 0. The number of amidine groups is 2. The highest BCUT2D eigenvalue weighted by Gasteiger charge is 2.24. The summed E-state index contributed by atoms with van der Waals surface area (Å²) in [6.07, 6.45) is 3.56. The first-order valence-electron chi connectivity index (χ1n) is 6.32. The monoisotopic (exact) mass is 294 g/mol. The Hall–Kier alpha value is -2.60. The fourth-order valence-electron chi connectivity index (χ4n) is 2.36. The smallest absolute Gasteiger partial charge is 0.173 e. The van der Waals surface area contributed by atoms with E-state index in [2.05, 4.69) is 38.6 Å². The number of allylic oxidation sites excluding steroid dienone is 1. The number of dihydropyridines is 1. The van der Waals surface area contributed by atoms with Gasteiger partial charge in [0, 0.05) is 10.9 Å². The van der Waals surface area contributed by atoms with Gasteiger partial charge in [0.15, 0.2) is 11.7 Å². The number of fused-ring (bicyclic) bond motifs is 2. The van der Waals surface area contributed by atoms with Crippen molar-refractivity contribution in [1.29, 1.82) is 0 Å². The Morgan fingerprint density at radius 2 is 2.19 bits per heavy atom. The highest BCUT2D eigenvalue weighted by Crippen LogP contribution is 2.27. The average molecular weight is 294 g/mol. The molecule has 1 unspecified atom stereocenters. The predicted octanol–water partition coefficient (Wildman–Crippen LogP) is 1.30. The zero-order valence-corrected chi connectivity index (χ0v) is 11.5. The van der Waals surface area contributed by atoms with Crippen LogP contribution < -0.4 is 5.11 Å². The minimum absolute atomic E-state index is 0.293. The minimum Gasteiger partial charge on any atom is -0.542 e. The van der Waals surface area contributed by atoms with Gasteiger partial charge in [-0.2, -0.15) is 0 Å². The molecule has 102 valence electrons. The summed E-state index contributed by atoms with van der Waals surface area (Å²) in [6, 6.07) is 7.82. The van der Waals surface area contributed by atoms with Crippen molar-refractivity contribution in [2.45, 2.75) is 6.04 Å². The van der Waals surface area contributed by atoms with Gasteiger partial charge in [-0.3, -0.25) is 0 Å². The second kappa shape index (κ2) is 4.46. The molecule has 1 aromatic heterocycles. The maximum Gasteiger partial charge on any atom is 0.173 e. The molecule has 4 rings (SSSR count). The van der Waals surface area contributed by atoms with E-state index < -0.39 is 12.0 Å². The average Bonchev–Trinajstić information content (AvgIpc) is 3.12. The molecule has 0 amide bonds. The van der Waals surface area contributed by atoms with Crippen LogP contribution in [0.25, 0.3) is 15.7 Å². The quantitative estimate of drug-likeness (QED) is 0.837. The molecule has 6 heteroatoms. The van der Waals surface area contributed by atoms with Crippen molar-refractivity contribution in [1.82, 2.24) is 0 Å². The molecule has 0 bridgehead atoms. The van der Waals surface area contributed by atoms with Crippen molar-refractivity contribution in [3.63, 3.8) is 0 Å². The second-order valence-electron chi connectivity index (χ2n) is 4.71. The second-order valence-corrected chi connectivity index (χ2v) is 5.66. The number of nitrogens with zero attached hydrogens (tertiary/aromatic N) is 3. The minimum atomic E-state index is -1.37. The van der Waals surface area contributed by atoms with Crippen LogP contribution in [0.3, 0.4) is 0 Å². The lowest BCUT2D eigenvalue weighted by molar-refractivity contribution is -0.294. The van der Waals surface area contributed by atoms with Crippen molar-refractivity contribution in [3.8, 4) is 0 Å². The van der Waals surface area contributed by atoms with Crippen molar-refractivity contribution in [2.75, 3.05) is 0 Å². The normalized spacial score (nSPS) is 20.0. The number of carbonyl (C=O) groups is 1. The molecule has 1 aromatic carbocycles. The number of hydrogen-bond donors (Lipinski definition) is 0. The Balaban J connectivity index is 1.74. The zero-order chi connectivity index (χ0) is 14.4. The number of benzene rings is 1. The predicted molar refractivity (Wildman–Crippen MR) is 82.0 cm³/mol. The SMILES string of the molecule is O=C([O-])C1=NC2C=C(c3ccc4ccsc4c3)C=NC2=N1. The first-order chi connectivity index (χ1) is 10.2. The molecule has 2 aliphatic rings. The number of carboxylic acids is 1. The summed E-state index contributed by atoms with van der Waals surface area (Å²) in [5, 5.41) is 14.1. The third-order valence-electron chi connectivity index (χ3n) is 3.39. The van der Waals surface area contributed by atoms with E-state index >= 15 is 0 Å². The van der Waals surface area contributed by atoms with E-state index in [0.717, 1.165) is 11.1 Å². The van der Waals surface area contributed by atoms with Crippen molar-refractivity contribution < 1.29 is 9.90 Å². The van der Waals surface area contributed by atoms with Gasteiger partial charge in [0.2, 0.25) is 0 Å². The summed E-state index contributed by atoms with van der Waals surface area (Å²) in [4.78, 5) is 22.8. The molecule has 0 saturated carbocycles. The number of carbonyl (C=O) groups excluding carboxylic acids is 1. The highest BCUT2D eigenvalue weighted by atomic mass is 32.1. The molecule has 0 spiro atoms. The Morgan fingerprint density at radius 1 is 1.29 bits per heavy atom. The Bertz CT molecular complexity index is 889. The molecule has 0 fully saturated rings.